The second-order valence-corrected chi connectivity index (χ2v) is 13.6. The number of benzene rings is 7. The molecule has 0 saturated heterocycles. The summed E-state index contributed by atoms with van der Waals surface area (Å²) in [6.07, 6.45) is 0. The van der Waals surface area contributed by atoms with Crippen LogP contribution < -0.4 is 4.90 Å². The van der Waals surface area contributed by atoms with E-state index < -0.39 is 5.41 Å². The fourth-order valence-corrected chi connectivity index (χ4v) is 8.57. The largest absolute Gasteiger partial charge is 0.310 e. The molecule has 3 aromatic heterocycles. The highest BCUT2D eigenvalue weighted by Gasteiger charge is 2.46. The zero-order chi connectivity index (χ0) is 35.6. The van der Waals surface area contributed by atoms with Gasteiger partial charge in [-0.05, 0) is 70.8 Å². The summed E-state index contributed by atoms with van der Waals surface area (Å²) in [6, 6.07) is 66.5. The van der Waals surface area contributed by atoms with Crippen molar-refractivity contribution in [2.45, 2.75) is 5.41 Å². The van der Waals surface area contributed by atoms with Crippen LogP contribution in [0.1, 0.15) is 22.3 Å². The van der Waals surface area contributed by atoms with Gasteiger partial charge in [-0.2, -0.15) is 0 Å². The number of nitrogens with zero attached hydrogens (tertiary/aromatic N) is 7. The summed E-state index contributed by atoms with van der Waals surface area (Å²) in [5, 5.41) is 18.7. The van der Waals surface area contributed by atoms with Gasteiger partial charge in [0.25, 0.3) is 0 Å². The second-order valence-electron chi connectivity index (χ2n) is 13.6. The first kappa shape index (κ1) is 30.3. The van der Waals surface area contributed by atoms with E-state index in [1.54, 1.807) is 0 Å². The van der Waals surface area contributed by atoms with E-state index in [9.17, 15) is 0 Å². The zero-order valence-corrected chi connectivity index (χ0v) is 29.0. The highest BCUT2D eigenvalue weighted by Crippen LogP contribution is 2.57. The lowest BCUT2D eigenvalue weighted by atomic mass is 9.62. The van der Waals surface area contributed by atoms with E-state index in [4.69, 9.17) is 10.2 Å². The van der Waals surface area contributed by atoms with Crippen molar-refractivity contribution in [2.75, 3.05) is 4.90 Å². The Bertz CT molecular complexity index is 2900. The Kier molecular flexibility index (Phi) is 6.63. The smallest absolute Gasteiger partial charge is 0.207 e. The van der Waals surface area contributed by atoms with Crippen LogP contribution in [0.2, 0.25) is 0 Å². The molecule has 0 N–H and O–H groups in total. The van der Waals surface area contributed by atoms with Crippen LogP contribution in [0.15, 0.2) is 188 Å². The highest BCUT2D eigenvalue weighted by molar-refractivity contribution is 5.91. The maximum absolute atomic E-state index is 4.77. The number of hydrogen-bond acceptors (Lipinski definition) is 5. The molecule has 0 atom stereocenters. The van der Waals surface area contributed by atoms with Crippen LogP contribution in [0.3, 0.4) is 0 Å². The molecule has 7 heteroatoms. The second kappa shape index (κ2) is 11.8. The van der Waals surface area contributed by atoms with E-state index in [-0.39, 0.29) is 0 Å². The minimum Gasteiger partial charge on any atom is -0.310 e. The Morgan fingerprint density at radius 2 is 0.759 bits per heavy atom. The predicted octanol–water partition coefficient (Wildman–Crippen LogP) is 10.4. The van der Waals surface area contributed by atoms with Gasteiger partial charge in [0.05, 0.1) is 27.8 Å². The van der Waals surface area contributed by atoms with Crippen molar-refractivity contribution in [1.82, 2.24) is 29.2 Å². The molecular formula is C47H31N7. The molecule has 1 aliphatic rings. The maximum Gasteiger partial charge on any atom is 0.207 e. The van der Waals surface area contributed by atoms with Crippen molar-refractivity contribution in [1.29, 1.82) is 0 Å². The van der Waals surface area contributed by atoms with Gasteiger partial charge >= 0.3 is 0 Å². The van der Waals surface area contributed by atoms with Gasteiger partial charge in [-0.25, -0.2) is 0 Å². The van der Waals surface area contributed by atoms with Crippen molar-refractivity contribution < 1.29 is 0 Å². The van der Waals surface area contributed by atoms with Gasteiger partial charge < -0.3 is 4.90 Å². The van der Waals surface area contributed by atoms with Crippen LogP contribution in [0.25, 0.3) is 45.1 Å². The van der Waals surface area contributed by atoms with E-state index in [1.807, 2.05) is 30.3 Å². The molecule has 1 aliphatic heterocycles. The van der Waals surface area contributed by atoms with Crippen LogP contribution in [0.5, 0.6) is 0 Å². The summed E-state index contributed by atoms with van der Waals surface area (Å²) in [4.78, 5) is 2.39. The first-order valence-corrected chi connectivity index (χ1v) is 18.1. The summed E-state index contributed by atoms with van der Waals surface area (Å²) in [5.41, 5.74) is 12.9. The van der Waals surface area contributed by atoms with Crippen LogP contribution in [0.4, 0.5) is 17.1 Å². The third-order valence-corrected chi connectivity index (χ3v) is 10.8. The Hall–Kier alpha value is -7.38. The summed E-state index contributed by atoms with van der Waals surface area (Å²) >= 11 is 0. The summed E-state index contributed by atoms with van der Waals surface area (Å²) < 4.78 is 4.18. The van der Waals surface area contributed by atoms with E-state index in [0.717, 1.165) is 50.9 Å². The predicted molar refractivity (Wildman–Crippen MR) is 214 cm³/mol. The molecule has 0 spiro atoms. The third-order valence-electron chi connectivity index (χ3n) is 10.8. The number of fused-ring (bicyclic) bond motifs is 8. The van der Waals surface area contributed by atoms with Crippen molar-refractivity contribution in [3.05, 3.63) is 210 Å². The summed E-state index contributed by atoms with van der Waals surface area (Å²) in [7, 11) is 0. The van der Waals surface area contributed by atoms with E-state index in [1.165, 1.54) is 22.3 Å². The molecular weight excluding hydrogens is 663 g/mol. The van der Waals surface area contributed by atoms with Gasteiger partial charge in [0.1, 0.15) is 0 Å². The Labute approximate surface area is 311 Å². The Morgan fingerprint density at radius 1 is 0.352 bits per heavy atom. The van der Waals surface area contributed by atoms with E-state index >= 15 is 0 Å². The fraction of sp³-hybridized carbons (Fsp3) is 0.0213. The van der Waals surface area contributed by atoms with Crippen molar-refractivity contribution >= 4 is 39.4 Å². The fourth-order valence-electron chi connectivity index (χ4n) is 8.57. The van der Waals surface area contributed by atoms with Crippen LogP contribution >= 0.6 is 0 Å². The molecule has 7 nitrogen and oxygen atoms in total. The van der Waals surface area contributed by atoms with Crippen LogP contribution in [-0.4, -0.2) is 29.2 Å². The first-order chi connectivity index (χ1) is 26.8. The van der Waals surface area contributed by atoms with Gasteiger partial charge in [0, 0.05) is 16.8 Å². The molecule has 0 bridgehead atoms. The van der Waals surface area contributed by atoms with E-state index in [2.05, 4.69) is 182 Å². The van der Waals surface area contributed by atoms with Gasteiger partial charge in [0.15, 0.2) is 11.6 Å². The molecule has 0 amide bonds. The molecule has 11 rings (SSSR count). The van der Waals surface area contributed by atoms with Crippen molar-refractivity contribution in [3.63, 3.8) is 0 Å². The van der Waals surface area contributed by atoms with Crippen molar-refractivity contribution in [3.8, 4) is 22.8 Å². The molecule has 254 valence electrons. The lowest BCUT2D eigenvalue weighted by molar-refractivity contribution is 0.731. The van der Waals surface area contributed by atoms with Crippen molar-refractivity contribution in [2.24, 2.45) is 0 Å². The molecule has 0 unspecified atom stereocenters. The topological polar surface area (TPSA) is 63.6 Å². The lowest BCUT2D eigenvalue weighted by Crippen LogP contribution is -2.37. The maximum atomic E-state index is 4.77. The molecule has 54 heavy (non-hydrogen) atoms. The Balaban J connectivity index is 1.08. The highest BCUT2D eigenvalue weighted by atomic mass is 15.3. The normalized spacial score (nSPS) is 13.3. The quantitative estimate of drug-likeness (QED) is 0.180. The number of rotatable bonds is 5. The molecule has 4 heterocycles. The average Bonchev–Trinajstić information content (AvgIpc) is 3.90. The molecule has 0 radical (unpaired) electrons. The first-order valence-electron chi connectivity index (χ1n) is 18.1. The molecule has 7 aromatic carbocycles. The van der Waals surface area contributed by atoms with Gasteiger partial charge in [-0.3, -0.25) is 8.80 Å². The van der Waals surface area contributed by atoms with E-state index in [0.29, 0.717) is 11.3 Å². The van der Waals surface area contributed by atoms with Crippen LogP contribution in [0, 0.1) is 0 Å². The average molecular weight is 694 g/mol. The molecule has 0 saturated carbocycles. The summed E-state index contributed by atoms with van der Waals surface area (Å²) in [6.45, 7) is 0. The zero-order valence-electron chi connectivity index (χ0n) is 29.0. The summed E-state index contributed by atoms with van der Waals surface area (Å²) in [5.74, 6) is 1.51. The third kappa shape index (κ3) is 4.23. The Morgan fingerprint density at radius 3 is 1.26 bits per heavy atom. The minimum absolute atomic E-state index is 0.513. The SMILES string of the molecule is c1ccc(-c2nnc3c4nnc(-c5ccc(N6c7ccccc7C(c7ccccc7)(c7ccccc7)c7ccccc76)cc5)n4c4ccccc4n23)cc1. The molecule has 0 fully saturated rings. The van der Waals surface area contributed by atoms with Gasteiger partial charge in [-0.15, -0.1) is 20.4 Å². The number of aromatic nitrogens is 6. The minimum atomic E-state index is -0.513. The van der Waals surface area contributed by atoms with Gasteiger partial charge in [-0.1, -0.05) is 140 Å². The number of para-hydroxylation sites is 4. The standard InChI is InChI=1S/C47H31N7/c1-4-16-32(17-5-1)43-48-50-45-46-51-49-44(54(46)42-27-15-14-26-41(42)53(43)45)33-28-30-36(31-29-33)52-39-24-12-10-22-37(39)47(34-18-6-2-7-19-34,35-20-8-3-9-21-35)38-23-11-13-25-40(38)52/h1-31H. The van der Waals surface area contributed by atoms with Gasteiger partial charge in [0.2, 0.25) is 11.3 Å². The monoisotopic (exact) mass is 693 g/mol. The number of hydrogen-bond donors (Lipinski definition) is 0. The molecule has 0 aliphatic carbocycles. The lowest BCUT2D eigenvalue weighted by Gasteiger charge is -2.46. The number of anilines is 3. The molecule has 10 aromatic rings. The van der Waals surface area contributed by atoms with Crippen LogP contribution in [-0.2, 0) is 5.41 Å².